The second kappa shape index (κ2) is 7.59. The molecule has 0 unspecified atom stereocenters. The van der Waals surface area contributed by atoms with Crippen molar-refractivity contribution in [3.63, 3.8) is 0 Å². The van der Waals surface area contributed by atoms with E-state index in [4.69, 9.17) is 17.3 Å². The number of piperidine rings is 1. The van der Waals surface area contributed by atoms with Gasteiger partial charge in [-0.05, 0) is 37.0 Å². The molecule has 3 aromatic rings. The zero-order valence-corrected chi connectivity index (χ0v) is 16.3. The zero-order chi connectivity index (χ0) is 19.7. The van der Waals surface area contributed by atoms with Gasteiger partial charge in [0.2, 0.25) is 5.95 Å². The predicted octanol–water partition coefficient (Wildman–Crippen LogP) is 3.48. The van der Waals surface area contributed by atoms with Gasteiger partial charge in [-0.3, -0.25) is 9.48 Å². The largest absolute Gasteiger partial charge is 0.368 e. The van der Waals surface area contributed by atoms with Crippen LogP contribution in [-0.2, 0) is 7.05 Å². The van der Waals surface area contributed by atoms with Crippen LogP contribution in [0.5, 0.6) is 0 Å². The molecular weight excluding hydrogens is 376 g/mol. The number of hydrogen-bond acceptors (Lipinski definition) is 5. The lowest BCUT2D eigenvalue weighted by atomic mass is 9.93. The Morgan fingerprint density at radius 1 is 1.21 bits per heavy atom. The molecule has 1 fully saturated rings. The van der Waals surface area contributed by atoms with Gasteiger partial charge in [-0.2, -0.15) is 5.10 Å². The van der Waals surface area contributed by atoms with Crippen molar-refractivity contribution in [1.29, 1.82) is 0 Å². The number of carbonyl (C=O) groups is 1. The number of nitrogen functional groups attached to an aromatic ring is 1. The van der Waals surface area contributed by atoms with Crippen LogP contribution in [0.15, 0.2) is 42.9 Å². The summed E-state index contributed by atoms with van der Waals surface area (Å²) in [7, 11) is 1.80. The summed E-state index contributed by atoms with van der Waals surface area (Å²) in [5.74, 6) is 0.157. The minimum atomic E-state index is -0.169. The topological polar surface area (TPSA) is 89.9 Å². The molecule has 1 amide bonds. The van der Waals surface area contributed by atoms with Crippen LogP contribution in [0.1, 0.15) is 41.4 Å². The standard InChI is InChI=1S/C20H21ClN6O/c1-26-12-14(10-24-26)19(28)27-9-3-2-4-17(27)18-16(11-23-20(22)25-18)13-5-7-15(21)8-6-13/h5-8,10-12,17H,2-4,9H2,1H3,(H2,22,23,25)/t17-/m1/s1. The summed E-state index contributed by atoms with van der Waals surface area (Å²) in [4.78, 5) is 23.8. The number of likely N-dealkylation sites (tertiary alicyclic amines) is 1. The van der Waals surface area contributed by atoms with E-state index in [2.05, 4.69) is 15.1 Å². The molecule has 0 aliphatic carbocycles. The van der Waals surface area contributed by atoms with E-state index in [1.54, 1.807) is 30.3 Å². The van der Waals surface area contributed by atoms with Gasteiger partial charge in [0, 0.05) is 36.6 Å². The zero-order valence-electron chi connectivity index (χ0n) is 15.5. The highest BCUT2D eigenvalue weighted by Gasteiger charge is 2.32. The van der Waals surface area contributed by atoms with Crippen LogP contribution in [0.2, 0.25) is 5.02 Å². The molecule has 3 heterocycles. The Balaban J connectivity index is 1.76. The molecule has 28 heavy (non-hydrogen) atoms. The van der Waals surface area contributed by atoms with E-state index in [9.17, 15) is 4.79 Å². The number of anilines is 1. The van der Waals surface area contributed by atoms with Crippen molar-refractivity contribution in [1.82, 2.24) is 24.6 Å². The number of benzene rings is 1. The predicted molar refractivity (Wildman–Crippen MR) is 108 cm³/mol. The van der Waals surface area contributed by atoms with Crippen LogP contribution >= 0.6 is 11.6 Å². The molecule has 0 bridgehead atoms. The van der Waals surface area contributed by atoms with Gasteiger partial charge in [-0.15, -0.1) is 0 Å². The molecule has 0 saturated carbocycles. The summed E-state index contributed by atoms with van der Waals surface area (Å²) in [5.41, 5.74) is 9.06. The molecule has 0 spiro atoms. The highest BCUT2D eigenvalue weighted by molar-refractivity contribution is 6.30. The number of rotatable bonds is 3. The van der Waals surface area contributed by atoms with Crippen LogP contribution in [0, 0.1) is 0 Å². The molecule has 1 saturated heterocycles. The Morgan fingerprint density at radius 2 is 2.00 bits per heavy atom. The number of carbonyl (C=O) groups excluding carboxylic acids is 1. The number of nitrogens with two attached hydrogens (primary N) is 1. The lowest BCUT2D eigenvalue weighted by Gasteiger charge is -2.36. The molecule has 8 heteroatoms. The lowest BCUT2D eigenvalue weighted by molar-refractivity contribution is 0.0606. The molecule has 144 valence electrons. The molecule has 2 aromatic heterocycles. The Kier molecular flexibility index (Phi) is 5.00. The van der Waals surface area contributed by atoms with Crippen molar-refractivity contribution >= 4 is 23.5 Å². The number of halogens is 1. The van der Waals surface area contributed by atoms with Crippen LogP contribution in [0.25, 0.3) is 11.1 Å². The summed E-state index contributed by atoms with van der Waals surface area (Å²) in [6, 6.07) is 7.35. The second-order valence-corrected chi connectivity index (χ2v) is 7.38. The number of amides is 1. The van der Waals surface area contributed by atoms with E-state index < -0.39 is 0 Å². The van der Waals surface area contributed by atoms with Crippen molar-refractivity contribution in [3.05, 3.63) is 59.1 Å². The maximum absolute atomic E-state index is 13.2. The molecule has 2 N–H and O–H groups in total. The van der Waals surface area contributed by atoms with Gasteiger partial charge in [0.15, 0.2) is 0 Å². The Morgan fingerprint density at radius 3 is 2.71 bits per heavy atom. The Bertz CT molecular complexity index is 1000. The Hall–Kier alpha value is -2.93. The summed E-state index contributed by atoms with van der Waals surface area (Å²) >= 11 is 6.04. The summed E-state index contributed by atoms with van der Waals surface area (Å²) in [5, 5.41) is 4.79. The fourth-order valence-electron chi connectivity index (χ4n) is 3.67. The minimum Gasteiger partial charge on any atom is -0.368 e. The van der Waals surface area contributed by atoms with Gasteiger partial charge < -0.3 is 10.6 Å². The van der Waals surface area contributed by atoms with Gasteiger partial charge in [0.25, 0.3) is 5.91 Å². The summed E-state index contributed by atoms with van der Waals surface area (Å²) < 4.78 is 1.63. The molecule has 0 radical (unpaired) electrons. The number of aryl methyl sites for hydroxylation is 1. The molecule has 1 aliphatic heterocycles. The third kappa shape index (κ3) is 3.57. The third-order valence-corrected chi connectivity index (χ3v) is 5.28. The van der Waals surface area contributed by atoms with E-state index in [-0.39, 0.29) is 17.9 Å². The summed E-state index contributed by atoms with van der Waals surface area (Å²) in [6.45, 7) is 0.669. The van der Waals surface area contributed by atoms with Crippen molar-refractivity contribution in [2.45, 2.75) is 25.3 Å². The van der Waals surface area contributed by atoms with Gasteiger partial charge in [0.05, 0.1) is 23.5 Å². The van der Waals surface area contributed by atoms with E-state index in [1.807, 2.05) is 29.2 Å². The van der Waals surface area contributed by atoms with Crippen LogP contribution < -0.4 is 5.73 Å². The fraction of sp³-hybridized carbons (Fsp3) is 0.300. The van der Waals surface area contributed by atoms with Crippen LogP contribution in [0.4, 0.5) is 5.95 Å². The van der Waals surface area contributed by atoms with E-state index in [0.717, 1.165) is 36.1 Å². The molecule has 7 nitrogen and oxygen atoms in total. The van der Waals surface area contributed by atoms with Crippen LogP contribution in [-0.4, -0.2) is 37.1 Å². The highest BCUT2D eigenvalue weighted by Crippen LogP contribution is 2.36. The fourth-order valence-corrected chi connectivity index (χ4v) is 3.80. The molecule has 1 aliphatic rings. The molecular formula is C20H21ClN6O. The molecule has 1 atom stereocenters. The molecule has 4 rings (SSSR count). The maximum atomic E-state index is 13.2. The summed E-state index contributed by atoms with van der Waals surface area (Å²) in [6.07, 6.45) is 7.86. The number of nitrogens with zero attached hydrogens (tertiary/aromatic N) is 5. The monoisotopic (exact) mass is 396 g/mol. The number of aromatic nitrogens is 4. The first-order valence-corrected chi connectivity index (χ1v) is 9.58. The van der Waals surface area contributed by atoms with Crippen molar-refractivity contribution in [2.75, 3.05) is 12.3 Å². The van der Waals surface area contributed by atoms with Gasteiger partial charge in [-0.1, -0.05) is 23.7 Å². The van der Waals surface area contributed by atoms with Gasteiger partial charge in [-0.25, -0.2) is 9.97 Å². The normalized spacial score (nSPS) is 16.9. The van der Waals surface area contributed by atoms with Gasteiger partial charge >= 0.3 is 0 Å². The van der Waals surface area contributed by atoms with Gasteiger partial charge in [0.1, 0.15) is 0 Å². The average Bonchev–Trinajstić information content (AvgIpc) is 3.14. The van der Waals surface area contributed by atoms with Crippen molar-refractivity contribution < 1.29 is 4.79 Å². The van der Waals surface area contributed by atoms with E-state index >= 15 is 0 Å². The first-order chi connectivity index (χ1) is 13.5. The van der Waals surface area contributed by atoms with Crippen molar-refractivity contribution in [3.8, 4) is 11.1 Å². The quantitative estimate of drug-likeness (QED) is 0.731. The van der Waals surface area contributed by atoms with E-state index in [0.29, 0.717) is 17.1 Å². The van der Waals surface area contributed by atoms with Crippen molar-refractivity contribution in [2.24, 2.45) is 7.05 Å². The smallest absolute Gasteiger partial charge is 0.257 e. The molecule has 1 aromatic carbocycles. The lowest BCUT2D eigenvalue weighted by Crippen LogP contribution is -2.39. The first-order valence-electron chi connectivity index (χ1n) is 9.21. The SMILES string of the molecule is Cn1cc(C(=O)N2CCCC[C@@H]2c2nc(N)ncc2-c2ccc(Cl)cc2)cn1. The maximum Gasteiger partial charge on any atom is 0.257 e. The second-order valence-electron chi connectivity index (χ2n) is 6.95. The van der Waals surface area contributed by atoms with Crippen LogP contribution in [0.3, 0.4) is 0 Å². The first kappa shape index (κ1) is 18.4. The minimum absolute atomic E-state index is 0.0444. The average molecular weight is 397 g/mol. The third-order valence-electron chi connectivity index (χ3n) is 5.02. The Labute approximate surface area is 168 Å². The van der Waals surface area contributed by atoms with E-state index in [1.165, 1.54) is 0 Å². The highest BCUT2D eigenvalue weighted by atomic mass is 35.5. The number of hydrogen-bond donors (Lipinski definition) is 1.